The molecule has 0 spiro atoms. The van der Waals surface area contributed by atoms with E-state index in [1.807, 2.05) is 41.8 Å². The second-order valence-electron chi connectivity index (χ2n) is 6.94. The number of hydrogen-bond donors (Lipinski definition) is 1. The predicted molar refractivity (Wildman–Crippen MR) is 113 cm³/mol. The molecule has 1 aromatic carbocycles. The molecule has 0 radical (unpaired) electrons. The molecule has 6 nitrogen and oxygen atoms in total. The fourth-order valence-corrected chi connectivity index (χ4v) is 3.76. The summed E-state index contributed by atoms with van der Waals surface area (Å²) in [6.07, 6.45) is 2.63. The highest BCUT2D eigenvalue weighted by atomic mass is 32.1. The summed E-state index contributed by atoms with van der Waals surface area (Å²) in [6.45, 7) is 1.82. The molecule has 0 saturated heterocycles. The van der Waals surface area contributed by atoms with Crippen LogP contribution in [0.3, 0.4) is 0 Å². The van der Waals surface area contributed by atoms with Gasteiger partial charge in [0.05, 0.1) is 17.0 Å². The standard InChI is InChI=1S/C21H24N4O2S/c1-27-13-12-25(11-10-19(26)22-15-8-9-15)21-16-5-2-3-6-17(16)23-20(24-21)18-7-4-14-28-18/h2-7,14-15H,8-13H2,1H3,(H,22,26). The van der Waals surface area contributed by atoms with Crippen molar-refractivity contribution in [3.05, 3.63) is 41.8 Å². The number of fused-ring (bicyclic) bond motifs is 1. The summed E-state index contributed by atoms with van der Waals surface area (Å²) in [4.78, 5) is 25.0. The first-order valence-corrected chi connectivity index (χ1v) is 10.5. The summed E-state index contributed by atoms with van der Waals surface area (Å²) >= 11 is 1.62. The molecule has 2 aromatic heterocycles. The van der Waals surface area contributed by atoms with Crippen LogP contribution < -0.4 is 10.2 Å². The van der Waals surface area contributed by atoms with Gasteiger partial charge in [-0.3, -0.25) is 4.79 Å². The molecule has 1 N–H and O–H groups in total. The van der Waals surface area contributed by atoms with E-state index in [1.165, 1.54) is 0 Å². The molecule has 7 heteroatoms. The zero-order chi connectivity index (χ0) is 19.3. The number of aromatic nitrogens is 2. The minimum Gasteiger partial charge on any atom is -0.383 e. The molecule has 28 heavy (non-hydrogen) atoms. The number of carbonyl (C=O) groups excluding carboxylic acids is 1. The number of amides is 1. The molecular weight excluding hydrogens is 372 g/mol. The number of para-hydroxylation sites is 1. The second kappa shape index (κ2) is 8.67. The van der Waals surface area contributed by atoms with Crippen molar-refractivity contribution >= 4 is 34.0 Å². The first-order chi connectivity index (χ1) is 13.7. The third kappa shape index (κ3) is 4.48. The molecule has 1 fully saturated rings. The van der Waals surface area contributed by atoms with Gasteiger partial charge in [0.25, 0.3) is 0 Å². The van der Waals surface area contributed by atoms with Crippen LogP contribution in [0.25, 0.3) is 21.6 Å². The van der Waals surface area contributed by atoms with Gasteiger partial charge in [-0.2, -0.15) is 0 Å². The average Bonchev–Trinajstić information content (AvgIpc) is 3.35. The van der Waals surface area contributed by atoms with Crippen LogP contribution in [0.1, 0.15) is 19.3 Å². The fraction of sp³-hybridized carbons (Fsp3) is 0.381. The van der Waals surface area contributed by atoms with Gasteiger partial charge in [0.15, 0.2) is 5.82 Å². The zero-order valence-electron chi connectivity index (χ0n) is 15.9. The van der Waals surface area contributed by atoms with E-state index in [9.17, 15) is 4.79 Å². The number of anilines is 1. The van der Waals surface area contributed by atoms with E-state index in [-0.39, 0.29) is 5.91 Å². The lowest BCUT2D eigenvalue weighted by molar-refractivity contribution is -0.121. The van der Waals surface area contributed by atoms with Crippen molar-refractivity contribution in [1.82, 2.24) is 15.3 Å². The van der Waals surface area contributed by atoms with E-state index in [4.69, 9.17) is 14.7 Å². The van der Waals surface area contributed by atoms with Gasteiger partial charge in [0.2, 0.25) is 5.91 Å². The first-order valence-electron chi connectivity index (χ1n) is 9.58. The third-order valence-corrected chi connectivity index (χ3v) is 5.61. The van der Waals surface area contributed by atoms with Crippen molar-refractivity contribution < 1.29 is 9.53 Å². The normalized spacial score (nSPS) is 13.6. The van der Waals surface area contributed by atoms with Gasteiger partial charge in [-0.05, 0) is 36.4 Å². The lowest BCUT2D eigenvalue weighted by Gasteiger charge is -2.25. The van der Waals surface area contributed by atoms with E-state index < -0.39 is 0 Å². The predicted octanol–water partition coefficient (Wildman–Crippen LogP) is 3.48. The highest BCUT2D eigenvalue weighted by Crippen LogP contribution is 2.29. The Hall–Kier alpha value is -2.51. The van der Waals surface area contributed by atoms with Crippen LogP contribution in [0, 0.1) is 0 Å². The Balaban J connectivity index is 1.65. The quantitative estimate of drug-likeness (QED) is 0.600. The minimum atomic E-state index is 0.0989. The molecule has 1 amide bonds. The minimum absolute atomic E-state index is 0.0989. The van der Waals surface area contributed by atoms with Gasteiger partial charge >= 0.3 is 0 Å². The number of methoxy groups -OCH3 is 1. The summed E-state index contributed by atoms with van der Waals surface area (Å²) in [7, 11) is 1.69. The van der Waals surface area contributed by atoms with Gasteiger partial charge in [-0.15, -0.1) is 11.3 Å². The number of carbonyl (C=O) groups is 1. The van der Waals surface area contributed by atoms with Crippen LogP contribution in [0.4, 0.5) is 5.82 Å². The van der Waals surface area contributed by atoms with Gasteiger partial charge in [0, 0.05) is 38.0 Å². The topological polar surface area (TPSA) is 67.3 Å². The Bertz CT molecular complexity index is 941. The molecule has 1 aliphatic carbocycles. The lowest BCUT2D eigenvalue weighted by atomic mass is 10.2. The molecule has 0 bridgehead atoms. The summed E-state index contributed by atoms with van der Waals surface area (Å²) in [5.74, 6) is 1.67. The number of ether oxygens (including phenoxy) is 1. The van der Waals surface area contributed by atoms with E-state index >= 15 is 0 Å². The van der Waals surface area contributed by atoms with Gasteiger partial charge in [0.1, 0.15) is 5.82 Å². The molecule has 0 aliphatic heterocycles. The van der Waals surface area contributed by atoms with Gasteiger partial charge in [-0.25, -0.2) is 9.97 Å². The van der Waals surface area contributed by atoms with Crippen LogP contribution in [0.15, 0.2) is 41.8 Å². The molecule has 1 saturated carbocycles. The monoisotopic (exact) mass is 396 g/mol. The zero-order valence-corrected chi connectivity index (χ0v) is 16.7. The van der Waals surface area contributed by atoms with Crippen molar-refractivity contribution in [2.24, 2.45) is 0 Å². The molecule has 0 unspecified atom stereocenters. The number of benzene rings is 1. The Morgan fingerprint density at radius 3 is 2.82 bits per heavy atom. The maximum atomic E-state index is 12.2. The Morgan fingerprint density at radius 2 is 2.07 bits per heavy atom. The van der Waals surface area contributed by atoms with Gasteiger partial charge < -0.3 is 15.0 Å². The summed E-state index contributed by atoms with van der Waals surface area (Å²) in [5, 5.41) is 6.07. The summed E-state index contributed by atoms with van der Waals surface area (Å²) in [5.41, 5.74) is 0.903. The summed E-state index contributed by atoms with van der Waals surface area (Å²) < 4.78 is 5.31. The van der Waals surface area contributed by atoms with Crippen molar-refractivity contribution in [3.63, 3.8) is 0 Å². The van der Waals surface area contributed by atoms with Crippen molar-refractivity contribution in [2.45, 2.75) is 25.3 Å². The molecule has 3 aromatic rings. The van der Waals surface area contributed by atoms with Crippen molar-refractivity contribution in [1.29, 1.82) is 0 Å². The number of nitrogens with zero attached hydrogens (tertiary/aromatic N) is 3. The van der Waals surface area contributed by atoms with Crippen LogP contribution >= 0.6 is 11.3 Å². The largest absolute Gasteiger partial charge is 0.383 e. The maximum absolute atomic E-state index is 12.2. The third-order valence-electron chi connectivity index (χ3n) is 4.74. The van der Waals surface area contributed by atoms with Gasteiger partial charge in [-0.1, -0.05) is 18.2 Å². The van der Waals surface area contributed by atoms with E-state index in [1.54, 1.807) is 18.4 Å². The fourth-order valence-electron chi connectivity index (χ4n) is 3.11. The Morgan fingerprint density at radius 1 is 1.21 bits per heavy atom. The SMILES string of the molecule is COCCN(CCC(=O)NC1CC1)c1nc(-c2cccs2)nc2ccccc12. The molecular formula is C21H24N4O2S. The highest BCUT2D eigenvalue weighted by molar-refractivity contribution is 7.13. The van der Waals surface area contributed by atoms with Crippen LogP contribution in [0.5, 0.6) is 0 Å². The number of nitrogens with one attached hydrogen (secondary N) is 1. The number of hydrogen-bond acceptors (Lipinski definition) is 6. The summed E-state index contributed by atoms with van der Waals surface area (Å²) in [6, 6.07) is 12.4. The maximum Gasteiger partial charge on any atom is 0.221 e. The van der Waals surface area contributed by atoms with Crippen LogP contribution in [0.2, 0.25) is 0 Å². The smallest absolute Gasteiger partial charge is 0.221 e. The van der Waals surface area contributed by atoms with E-state index in [2.05, 4.69) is 10.2 Å². The molecule has 1 aliphatic rings. The van der Waals surface area contributed by atoms with Crippen LogP contribution in [-0.2, 0) is 9.53 Å². The second-order valence-corrected chi connectivity index (χ2v) is 7.88. The highest BCUT2D eigenvalue weighted by Gasteiger charge is 2.23. The number of rotatable bonds is 9. The molecule has 146 valence electrons. The molecule has 0 atom stereocenters. The molecule has 4 rings (SSSR count). The first kappa shape index (κ1) is 18.8. The Kier molecular flexibility index (Phi) is 5.83. The Labute approximate surface area is 168 Å². The number of thiophene rings is 1. The van der Waals surface area contributed by atoms with Crippen molar-refractivity contribution in [2.75, 3.05) is 31.7 Å². The average molecular weight is 397 g/mol. The molecule has 2 heterocycles. The van der Waals surface area contributed by atoms with Crippen molar-refractivity contribution in [3.8, 4) is 10.7 Å². The van der Waals surface area contributed by atoms with Crippen LogP contribution in [-0.4, -0.2) is 48.7 Å². The van der Waals surface area contributed by atoms with E-state index in [0.717, 1.165) is 34.4 Å². The van der Waals surface area contributed by atoms with E-state index in [0.29, 0.717) is 38.0 Å². The lowest BCUT2D eigenvalue weighted by Crippen LogP contribution is -2.34.